The summed E-state index contributed by atoms with van der Waals surface area (Å²) in [6, 6.07) is 14.2. The number of para-hydroxylation sites is 1. The van der Waals surface area contributed by atoms with Crippen LogP contribution in [0.2, 0.25) is 0 Å². The lowest BCUT2D eigenvalue weighted by Gasteiger charge is -2.57. The van der Waals surface area contributed by atoms with E-state index >= 15 is 0 Å². The summed E-state index contributed by atoms with van der Waals surface area (Å²) in [6.45, 7) is -0.259. The lowest BCUT2D eigenvalue weighted by molar-refractivity contribution is -0.137. The summed E-state index contributed by atoms with van der Waals surface area (Å²) in [6.07, 6.45) is 10.8. The zero-order valence-electron chi connectivity index (χ0n) is 21.4. The molecule has 4 amide bonds. The molecule has 4 bridgehead atoms. The third-order valence-electron chi connectivity index (χ3n) is 9.30. The number of fused-ring (bicyclic) bond motifs is 1. The number of aromatic nitrogens is 1. The largest absolute Gasteiger partial charge is 0.480 e. The van der Waals surface area contributed by atoms with Crippen molar-refractivity contribution in [2.75, 3.05) is 4.90 Å². The van der Waals surface area contributed by atoms with Crippen LogP contribution in [0.5, 0.6) is 0 Å². The van der Waals surface area contributed by atoms with E-state index in [4.69, 9.17) is 0 Å². The minimum Gasteiger partial charge on any atom is -0.480 e. The maximum absolute atomic E-state index is 13.6. The molecule has 1 saturated heterocycles. The molecule has 1 aliphatic heterocycles. The van der Waals surface area contributed by atoms with Gasteiger partial charge in [0, 0.05) is 22.7 Å². The molecule has 4 aliphatic carbocycles. The van der Waals surface area contributed by atoms with Gasteiger partial charge in [-0.25, -0.2) is 9.69 Å². The molecule has 8 heteroatoms. The number of carbonyl (C=O) groups is 4. The van der Waals surface area contributed by atoms with E-state index < -0.39 is 23.8 Å². The average Bonchev–Trinajstić information content (AvgIpc) is 3.22. The summed E-state index contributed by atoms with van der Waals surface area (Å²) >= 11 is 0. The second-order valence-electron chi connectivity index (χ2n) is 11.8. The van der Waals surface area contributed by atoms with E-state index in [1.54, 1.807) is 35.0 Å². The fraction of sp³-hybridized carbons (Fsp3) is 0.355. The number of carbonyl (C=O) groups excluding carboxylic acids is 3. The zero-order chi connectivity index (χ0) is 26.9. The SMILES string of the molecule is O=C(O)Cn1cc(/C=C2\C(=O)NC(=O)N(c3ccc(C45CC6CC(CC(C6)C4)C5)cc3)C2=O)c2ccccc21. The van der Waals surface area contributed by atoms with E-state index in [-0.39, 0.29) is 17.5 Å². The number of urea groups is 1. The summed E-state index contributed by atoms with van der Waals surface area (Å²) in [4.78, 5) is 51.5. The number of amides is 4. The highest BCUT2D eigenvalue weighted by atomic mass is 16.4. The van der Waals surface area contributed by atoms with Crippen molar-refractivity contribution in [1.29, 1.82) is 0 Å². The number of rotatable bonds is 5. The highest BCUT2D eigenvalue weighted by Crippen LogP contribution is 2.60. The molecular formula is C31H29N3O5. The highest BCUT2D eigenvalue weighted by Gasteiger charge is 2.51. The van der Waals surface area contributed by atoms with Crippen molar-refractivity contribution < 1.29 is 24.3 Å². The van der Waals surface area contributed by atoms with Gasteiger partial charge in [-0.2, -0.15) is 0 Å². The Labute approximate surface area is 225 Å². The third kappa shape index (κ3) is 3.88. The van der Waals surface area contributed by atoms with E-state index in [1.807, 2.05) is 12.1 Å². The number of carboxylic acid groups (broad SMARTS) is 1. The van der Waals surface area contributed by atoms with Crippen molar-refractivity contribution in [2.45, 2.75) is 50.5 Å². The summed E-state index contributed by atoms with van der Waals surface area (Å²) in [5.41, 5.74) is 2.91. The lowest BCUT2D eigenvalue weighted by Crippen LogP contribution is -2.54. The fourth-order valence-electron chi connectivity index (χ4n) is 8.14. The molecule has 2 heterocycles. The van der Waals surface area contributed by atoms with Crippen LogP contribution in [0.15, 0.2) is 60.3 Å². The van der Waals surface area contributed by atoms with E-state index in [1.165, 1.54) is 50.2 Å². The Bertz CT molecular complexity index is 1550. The molecule has 1 aromatic heterocycles. The molecule has 2 aromatic carbocycles. The van der Waals surface area contributed by atoms with Crippen LogP contribution >= 0.6 is 0 Å². The molecule has 0 atom stereocenters. The van der Waals surface area contributed by atoms with Gasteiger partial charge in [0.25, 0.3) is 11.8 Å². The van der Waals surface area contributed by atoms with Crippen molar-refractivity contribution >= 4 is 46.5 Å². The third-order valence-corrected chi connectivity index (χ3v) is 9.30. The molecule has 5 fully saturated rings. The van der Waals surface area contributed by atoms with Gasteiger partial charge in [-0.05, 0) is 91.5 Å². The van der Waals surface area contributed by atoms with Gasteiger partial charge in [-0.15, -0.1) is 0 Å². The lowest BCUT2D eigenvalue weighted by atomic mass is 9.48. The quantitative estimate of drug-likeness (QED) is 0.367. The number of carboxylic acids is 1. The first-order chi connectivity index (χ1) is 18.8. The van der Waals surface area contributed by atoms with Crippen molar-refractivity contribution in [1.82, 2.24) is 9.88 Å². The van der Waals surface area contributed by atoms with Crippen molar-refractivity contribution in [3.8, 4) is 0 Å². The first-order valence-electron chi connectivity index (χ1n) is 13.6. The number of nitrogens with one attached hydrogen (secondary N) is 1. The molecule has 0 unspecified atom stereocenters. The average molecular weight is 524 g/mol. The summed E-state index contributed by atoms with van der Waals surface area (Å²) in [5.74, 6) is -0.0559. The molecule has 4 saturated carbocycles. The second-order valence-corrected chi connectivity index (χ2v) is 11.8. The monoisotopic (exact) mass is 523 g/mol. The number of aliphatic carboxylic acids is 1. The number of benzene rings is 2. The minimum absolute atomic E-state index is 0.182. The predicted molar refractivity (Wildman–Crippen MR) is 145 cm³/mol. The Morgan fingerprint density at radius 2 is 1.59 bits per heavy atom. The molecule has 2 N–H and O–H groups in total. The van der Waals surface area contributed by atoms with E-state index in [9.17, 15) is 24.3 Å². The van der Waals surface area contributed by atoms with E-state index in [0.29, 0.717) is 22.2 Å². The molecular weight excluding hydrogens is 494 g/mol. The molecule has 5 aliphatic rings. The molecule has 8 nitrogen and oxygen atoms in total. The van der Waals surface area contributed by atoms with Gasteiger partial charge in [0.2, 0.25) is 0 Å². The Balaban J connectivity index is 1.21. The Kier molecular flexibility index (Phi) is 5.30. The summed E-state index contributed by atoms with van der Waals surface area (Å²) in [5, 5.41) is 12.3. The van der Waals surface area contributed by atoms with Crippen LogP contribution in [-0.4, -0.2) is 33.5 Å². The summed E-state index contributed by atoms with van der Waals surface area (Å²) in [7, 11) is 0. The van der Waals surface area contributed by atoms with Crippen molar-refractivity contribution in [3.05, 3.63) is 71.4 Å². The molecule has 0 radical (unpaired) electrons. The number of hydrogen-bond donors (Lipinski definition) is 2. The van der Waals surface area contributed by atoms with Crippen LogP contribution in [0.4, 0.5) is 10.5 Å². The zero-order valence-corrected chi connectivity index (χ0v) is 21.4. The van der Waals surface area contributed by atoms with Gasteiger partial charge in [0.05, 0.1) is 5.69 Å². The smallest absolute Gasteiger partial charge is 0.335 e. The normalized spacial score (nSPS) is 28.9. The fourth-order valence-corrected chi connectivity index (χ4v) is 8.14. The van der Waals surface area contributed by atoms with Gasteiger partial charge < -0.3 is 9.67 Å². The number of imide groups is 2. The van der Waals surface area contributed by atoms with Crippen molar-refractivity contribution in [2.24, 2.45) is 17.8 Å². The molecule has 198 valence electrons. The van der Waals surface area contributed by atoms with Crippen LogP contribution in [0.3, 0.4) is 0 Å². The first-order valence-corrected chi connectivity index (χ1v) is 13.6. The van der Waals surface area contributed by atoms with Gasteiger partial charge in [0.15, 0.2) is 0 Å². The van der Waals surface area contributed by atoms with Gasteiger partial charge in [-0.1, -0.05) is 30.3 Å². The Hall–Kier alpha value is -4.20. The van der Waals surface area contributed by atoms with Gasteiger partial charge >= 0.3 is 12.0 Å². The maximum Gasteiger partial charge on any atom is 0.335 e. The highest BCUT2D eigenvalue weighted by molar-refractivity contribution is 6.39. The van der Waals surface area contributed by atoms with E-state index in [0.717, 1.165) is 22.7 Å². The topological polar surface area (TPSA) is 109 Å². The number of barbiturate groups is 1. The first kappa shape index (κ1) is 23.9. The predicted octanol–water partition coefficient (Wildman–Crippen LogP) is 4.86. The van der Waals surface area contributed by atoms with Crippen LogP contribution in [0, 0.1) is 17.8 Å². The van der Waals surface area contributed by atoms with E-state index in [2.05, 4.69) is 17.4 Å². The Morgan fingerprint density at radius 1 is 0.949 bits per heavy atom. The molecule has 0 spiro atoms. The van der Waals surface area contributed by atoms with Crippen molar-refractivity contribution in [3.63, 3.8) is 0 Å². The summed E-state index contributed by atoms with van der Waals surface area (Å²) < 4.78 is 1.56. The standard InChI is InChI=1S/C31H29N3O5/c35-27(36)17-33-16-21(24-3-1-2-4-26(24)33)12-25-28(37)32-30(39)34(29(25)38)23-7-5-22(6-8-23)31-13-18-9-19(14-31)11-20(10-18)15-31/h1-8,12,16,18-20H,9-11,13-15,17H2,(H,35,36)(H,32,37,39)/b25-12+. The van der Waals surface area contributed by atoms with Crippen LogP contribution in [0.1, 0.15) is 49.7 Å². The maximum atomic E-state index is 13.6. The van der Waals surface area contributed by atoms with Crippen LogP contribution < -0.4 is 10.2 Å². The minimum atomic E-state index is -1.00. The second kappa shape index (κ2) is 8.66. The molecule has 8 rings (SSSR count). The van der Waals surface area contributed by atoms with Gasteiger partial charge in [0.1, 0.15) is 12.1 Å². The van der Waals surface area contributed by atoms with Gasteiger partial charge in [-0.3, -0.25) is 19.7 Å². The molecule has 39 heavy (non-hydrogen) atoms. The number of nitrogens with zero attached hydrogens (tertiary/aromatic N) is 2. The van der Waals surface area contributed by atoms with Crippen LogP contribution in [-0.2, 0) is 26.3 Å². The number of anilines is 1. The number of hydrogen-bond acceptors (Lipinski definition) is 4. The van der Waals surface area contributed by atoms with Crippen LogP contribution in [0.25, 0.3) is 17.0 Å². The molecule has 3 aromatic rings. The Morgan fingerprint density at radius 3 is 2.23 bits per heavy atom.